The Kier molecular flexibility index (Phi) is 9.79. The van der Waals surface area contributed by atoms with Gasteiger partial charge in [-0.15, -0.1) is 36.6 Å². The number of nitrogens with zero attached hydrogens (tertiary/aromatic N) is 1. The van der Waals surface area contributed by atoms with E-state index < -0.39 is 0 Å². The number of H-pyrrole nitrogens is 1. The standard InChI is InChI=1S/C13H17N3S.2ClH/c1-17-13-4-2-11(3-5-13)8-14-7-6-12-9-15-10-16-12;;/h2-5,9-10,14H,6-8H2,1H3,(H,15,16);2*1H. The lowest BCUT2D eigenvalue weighted by Crippen LogP contribution is -2.16. The molecule has 2 rings (SSSR count). The zero-order valence-electron chi connectivity index (χ0n) is 10.8. The minimum absolute atomic E-state index is 0. The summed E-state index contributed by atoms with van der Waals surface area (Å²) in [5, 5.41) is 3.42. The number of thioether (sulfide) groups is 1. The zero-order chi connectivity index (χ0) is 11.9. The van der Waals surface area contributed by atoms with Gasteiger partial charge >= 0.3 is 0 Å². The topological polar surface area (TPSA) is 40.7 Å². The molecule has 0 aliphatic heterocycles. The second-order valence-electron chi connectivity index (χ2n) is 3.85. The Morgan fingerprint density at radius 1 is 1.21 bits per heavy atom. The molecule has 2 aromatic rings. The molecule has 0 unspecified atom stereocenters. The van der Waals surface area contributed by atoms with Crippen LogP contribution in [-0.4, -0.2) is 22.8 Å². The molecule has 19 heavy (non-hydrogen) atoms. The molecule has 1 heterocycles. The number of rotatable bonds is 6. The summed E-state index contributed by atoms with van der Waals surface area (Å²) in [6.45, 7) is 1.88. The van der Waals surface area contributed by atoms with Crippen molar-refractivity contribution in [3.05, 3.63) is 48.0 Å². The largest absolute Gasteiger partial charge is 0.348 e. The van der Waals surface area contributed by atoms with Crippen molar-refractivity contribution in [3.63, 3.8) is 0 Å². The third kappa shape index (κ3) is 6.34. The highest BCUT2D eigenvalue weighted by Gasteiger charge is 1.95. The van der Waals surface area contributed by atoms with Gasteiger partial charge < -0.3 is 10.3 Å². The first-order valence-electron chi connectivity index (χ1n) is 5.69. The van der Waals surface area contributed by atoms with Crippen molar-refractivity contribution in [2.75, 3.05) is 12.8 Å². The number of aromatic amines is 1. The Morgan fingerprint density at radius 2 is 1.95 bits per heavy atom. The van der Waals surface area contributed by atoms with E-state index in [-0.39, 0.29) is 24.8 Å². The van der Waals surface area contributed by atoms with Gasteiger partial charge in [-0.25, -0.2) is 4.98 Å². The van der Waals surface area contributed by atoms with E-state index in [1.807, 2.05) is 6.20 Å². The first kappa shape index (κ1) is 18.3. The zero-order valence-corrected chi connectivity index (χ0v) is 13.2. The Hall–Kier alpha value is -0.680. The molecule has 6 heteroatoms. The Labute approximate surface area is 130 Å². The number of benzene rings is 1. The number of nitrogens with one attached hydrogen (secondary N) is 2. The van der Waals surface area contributed by atoms with Crippen LogP contribution in [0.4, 0.5) is 0 Å². The van der Waals surface area contributed by atoms with Crippen molar-refractivity contribution in [3.8, 4) is 0 Å². The molecule has 1 aromatic carbocycles. The van der Waals surface area contributed by atoms with E-state index >= 15 is 0 Å². The third-order valence-corrected chi connectivity index (χ3v) is 3.36. The SMILES string of the molecule is CSc1ccc(CNCCc2cnc[nH]2)cc1.Cl.Cl. The predicted octanol–water partition coefficient (Wildman–Crippen LogP) is 3.31. The van der Waals surface area contributed by atoms with E-state index in [0.717, 1.165) is 19.5 Å². The van der Waals surface area contributed by atoms with E-state index in [9.17, 15) is 0 Å². The summed E-state index contributed by atoms with van der Waals surface area (Å²) in [4.78, 5) is 8.40. The van der Waals surface area contributed by atoms with Crippen LogP contribution in [0.2, 0.25) is 0 Å². The second-order valence-corrected chi connectivity index (χ2v) is 4.73. The molecule has 0 saturated carbocycles. The van der Waals surface area contributed by atoms with Crippen LogP contribution in [0.15, 0.2) is 41.7 Å². The minimum Gasteiger partial charge on any atom is -0.348 e. The first-order valence-corrected chi connectivity index (χ1v) is 6.92. The van der Waals surface area contributed by atoms with Gasteiger partial charge in [-0.3, -0.25) is 0 Å². The van der Waals surface area contributed by atoms with E-state index in [0.29, 0.717) is 0 Å². The Bertz CT molecular complexity index is 432. The summed E-state index contributed by atoms with van der Waals surface area (Å²) >= 11 is 1.77. The second kappa shape index (κ2) is 10.1. The third-order valence-electron chi connectivity index (χ3n) is 2.61. The van der Waals surface area contributed by atoms with Crippen molar-refractivity contribution < 1.29 is 0 Å². The highest BCUT2D eigenvalue weighted by molar-refractivity contribution is 7.98. The fourth-order valence-electron chi connectivity index (χ4n) is 1.62. The number of imidazole rings is 1. The van der Waals surface area contributed by atoms with Gasteiger partial charge in [-0.1, -0.05) is 12.1 Å². The molecule has 1 aromatic heterocycles. The van der Waals surface area contributed by atoms with E-state index in [4.69, 9.17) is 0 Å². The lowest BCUT2D eigenvalue weighted by molar-refractivity contribution is 0.681. The fraction of sp³-hybridized carbons (Fsp3) is 0.308. The summed E-state index contributed by atoms with van der Waals surface area (Å²) in [7, 11) is 0. The summed E-state index contributed by atoms with van der Waals surface area (Å²) in [6, 6.07) is 8.68. The normalized spacial score (nSPS) is 9.53. The van der Waals surface area contributed by atoms with Crippen LogP contribution in [-0.2, 0) is 13.0 Å². The molecular formula is C13H19Cl2N3S. The molecule has 0 saturated heterocycles. The summed E-state index contributed by atoms with van der Waals surface area (Å²) < 4.78 is 0. The van der Waals surface area contributed by atoms with Crippen LogP contribution in [0.1, 0.15) is 11.3 Å². The number of hydrogen-bond donors (Lipinski definition) is 2. The molecule has 0 bridgehead atoms. The fourth-order valence-corrected chi connectivity index (χ4v) is 2.03. The van der Waals surface area contributed by atoms with Gasteiger partial charge in [0.25, 0.3) is 0 Å². The highest BCUT2D eigenvalue weighted by Crippen LogP contribution is 2.14. The van der Waals surface area contributed by atoms with Crippen LogP contribution < -0.4 is 5.32 Å². The van der Waals surface area contributed by atoms with Crippen LogP contribution in [0, 0.1) is 0 Å². The van der Waals surface area contributed by atoms with Crippen LogP contribution in [0.5, 0.6) is 0 Å². The average molecular weight is 320 g/mol. The molecule has 106 valence electrons. The van der Waals surface area contributed by atoms with Crippen molar-refractivity contribution >= 4 is 36.6 Å². The van der Waals surface area contributed by atoms with Crippen LogP contribution in [0.3, 0.4) is 0 Å². The molecule has 0 radical (unpaired) electrons. The Morgan fingerprint density at radius 3 is 2.53 bits per heavy atom. The summed E-state index contributed by atoms with van der Waals surface area (Å²) in [5.41, 5.74) is 2.50. The first-order chi connectivity index (χ1) is 8.38. The van der Waals surface area contributed by atoms with Crippen LogP contribution >= 0.6 is 36.6 Å². The molecule has 0 atom stereocenters. The molecule has 0 fully saturated rings. The van der Waals surface area contributed by atoms with E-state index in [2.05, 4.69) is 45.8 Å². The lowest BCUT2D eigenvalue weighted by atomic mass is 10.2. The quantitative estimate of drug-likeness (QED) is 0.634. The average Bonchev–Trinajstić information content (AvgIpc) is 2.88. The van der Waals surface area contributed by atoms with Gasteiger partial charge in [-0.2, -0.15) is 0 Å². The van der Waals surface area contributed by atoms with Gasteiger partial charge in [-0.05, 0) is 24.0 Å². The minimum atomic E-state index is 0. The maximum absolute atomic E-state index is 3.99. The van der Waals surface area contributed by atoms with Gasteiger partial charge in [0.2, 0.25) is 0 Å². The molecule has 3 nitrogen and oxygen atoms in total. The van der Waals surface area contributed by atoms with Gasteiger partial charge in [0.05, 0.1) is 6.33 Å². The van der Waals surface area contributed by atoms with Crippen molar-refractivity contribution in [1.82, 2.24) is 15.3 Å². The molecule has 0 aliphatic carbocycles. The van der Waals surface area contributed by atoms with Crippen molar-refractivity contribution in [2.45, 2.75) is 17.9 Å². The summed E-state index contributed by atoms with van der Waals surface area (Å²) in [5.74, 6) is 0. The number of aromatic nitrogens is 2. The van der Waals surface area contributed by atoms with E-state index in [1.165, 1.54) is 16.2 Å². The van der Waals surface area contributed by atoms with Gasteiger partial charge in [0.1, 0.15) is 0 Å². The smallest absolute Gasteiger partial charge is 0.0921 e. The van der Waals surface area contributed by atoms with Crippen LogP contribution in [0.25, 0.3) is 0 Å². The lowest BCUT2D eigenvalue weighted by Gasteiger charge is -2.04. The predicted molar refractivity (Wildman–Crippen MR) is 86.7 cm³/mol. The molecule has 0 amide bonds. The monoisotopic (exact) mass is 319 g/mol. The molecule has 2 N–H and O–H groups in total. The number of hydrogen-bond acceptors (Lipinski definition) is 3. The van der Waals surface area contributed by atoms with Gasteiger partial charge in [0, 0.05) is 36.3 Å². The highest BCUT2D eigenvalue weighted by atomic mass is 35.5. The van der Waals surface area contributed by atoms with Crippen molar-refractivity contribution in [2.24, 2.45) is 0 Å². The number of halogens is 2. The maximum atomic E-state index is 3.99. The maximum Gasteiger partial charge on any atom is 0.0921 e. The molecule has 0 aliphatic rings. The summed E-state index contributed by atoms with van der Waals surface area (Å²) in [6.07, 6.45) is 6.67. The van der Waals surface area contributed by atoms with Crippen molar-refractivity contribution in [1.29, 1.82) is 0 Å². The Balaban J connectivity index is 0.00000162. The van der Waals surface area contributed by atoms with Gasteiger partial charge in [0.15, 0.2) is 0 Å². The molecular weight excluding hydrogens is 301 g/mol. The molecule has 0 spiro atoms. The van der Waals surface area contributed by atoms with E-state index in [1.54, 1.807) is 18.1 Å².